The average molecular weight is 323 g/mol. The molecule has 0 aromatic heterocycles. The van der Waals surface area contributed by atoms with Gasteiger partial charge in [0.25, 0.3) is 0 Å². The van der Waals surface area contributed by atoms with Crippen molar-refractivity contribution in [3.05, 3.63) is 40.4 Å². The second-order valence-electron chi connectivity index (χ2n) is 5.22. The van der Waals surface area contributed by atoms with Crippen molar-refractivity contribution in [2.75, 3.05) is 13.2 Å². The van der Waals surface area contributed by atoms with Gasteiger partial charge in [-0.3, -0.25) is 9.59 Å². The number of hydrogen-bond donors (Lipinski definition) is 0. The third-order valence-electron chi connectivity index (χ3n) is 3.70. The molecule has 0 radical (unpaired) electrons. The molecule has 2 rings (SSSR count). The van der Waals surface area contributed by atoms with Crippen LogP contribution in [-0.4, -0.2) is 25.2 Å². The number of carbonyl (C=O) groups excluding carboxylic acids is 2. The summed E-state index contributed by atoms with van der Waals surface area (Å²) in [5, 5.41) is 0.565. The quantitative estimate of drug-likeness (QED) is 0.629. The molecule has 1 aliphatic carbocycles. The van der Waals surface area contributed by atoms with Crippen molar-refractivity contribution in [2.24, 2.45) is 5.41 Å². The predicted octanol–water partition coefficient (Wildman–Crippen LogP) is 3.41. The maximum Gasteiger partial charge on any atom is 0.327 e. The lowest BCUT2D eigenvalue weighted by atomic mass is 9.73. The smallest absolute Gasteiger partial charge is 0.327 e. The van der Waals surface area contributed by atoms with E-state index in [9.17, 15) is 9.59 Å². The highest BCUT2D eigenvalue weighted by atomic mass is 35.5. The van der Waals surface area contributed by atoms with Crippen LogP contribution in [0, 0.1) is 5.41 Å². The predicted molar refractivity (Wildman–Crippen MR) is 84.5 cm³/mol. The molecule has 0 fully saturated rings. The van der Waals surface area contributed by atoms with E-state index in [1.54, 1.807) is 32.1 Å². The molecule has 0 heterocycles. The summed E-state index contributed by atoms with van der Waals surface area (Å²) >= 11 is 6.05. The molecular weight excluding hydrogens is 304 g/mol. The van der Waals surface area contributed by atoms with Gasteiger partial charge in [-0.25, -0.2) is 0 Å². The molecule has 118 valence electrons. The minimum absolute atomic E-state index is 0.192. The summed E-state index contributed by atoms with van der Waals surface area (Å²) in [6.45, 7) is 5.69. The molecule has 0 bridgehead atoms. The Morgan fingerprint density at radius 3 is 2.32 bits per heavy atom. The van der Waals surface area contributed by atoms with Gasteiger partial charge in [-0.2, -0.15) is 0 Å². The van der Waals surface area contributed by atoms with Gasteiger partial charge >= 0.3 is 11.9 Å². The molecule has 0 saturated heterocycles. The summed E-state index contributed by atoms with van der Waals surface area (Å²) in [7, 11) is 0. The fourth-order valence-corrected chi connectivity index (χ4v) is 2.95. The van der Waals surface area contributed by atoms with E-state index in [0.29, 0.717) is 5.02 Å². The fraction of sp³-hybridized carbons (Fsp3) is 0.412. The van der Waals surface area contributed by atoms with Gasteiger partial charge in [0, 0.05) is 11.4 Å². The Hall–Kier alpha value is -1.81. The van der Waals surface area contributed by atoms with Crippen LogP contribution in [0.15, 0.2) is 24.3 Å². The van der Waals surface area contributed by atoms with E-state index < -0.39 is 17.4 Å². The maximum absolute atomic E-state index is 12.5. The topological polar surface area (TPSA) is 52.6 Å². The zero-order valence-electron chi connectivity index (χ0n) is 12.9. The Bertz CT molecular complexity index is 616. The first-order chi connectivity index (χ1) is 10.4. The minimum Gasteiger partial charge on any atom is -0.465 e. The Kier molecular flexibility index (Phi) is 4.91. The van der Waals surface area contributed by atoms with Crippen LogP contribution in [0.4, 0.5) is 0 Å². The zero-order chi connectivity index (χ0) is 16.3. The van der Waals surface area contributed by atoms with Gasteiger partial charge in [0.1, 0.15) is 0 Å². The summed E-state index contributed by atoms with van der Waals surface area (Å²) in [4.78, 5) is 25.0. The van der Waals surface area contributed by atoms with Crippen molar-refractivity contribution in [2.45, 2.75) is 27.2 Å². The molecule has 4 nitrogen and oxygen atoms in total. The Balaban J connectivity index is 2.54. The van der Waals surface area contributed by atoms with Crippen molar-refractivity contribution in [3.8, 4) is 0 Å². The Morgan fingerprint density at radius 1 is 1.18 bits per heavy atom. The van der Waals surface area contributed by atoms with Crippen molar-refractivity contribution in [3.63, 3.8) is 0 Å². The lowest BCUT2D eigenvalue weighted by Crippen LogP contribution is -2.44. The number of fused-ring (bicyclic) bond motifs is 1. The number of carbonyl (C=O) groups is 2. The Morgan fingerprint density at radius 2 is 1.77 bits per heavy atom. The molecule has 0 saturated carbocycles. The van der Waals surface area contributed by atoms with Crippen LogP contribution in [0.25, 0.3) is 5.57 Å². The molecule has 1 aromatic carbocycles. The van der Waals surface area contributed by atoms with Crippen LogP contribution >= 0.6 is 11.6 Å². The van der Waals surface area contributed by atoms with Gasteiger partial charge < -0.3 is 9.47 Å². The third-order valence-corrected chi connectivity index (χ3v) is 3.94. The van der Waals surface area contributed by atoms with Gasteiger partial charge in [-0.15, -0.1) is 0 Å². The van der Waals surface area contributed by atoms with Gasteiger partial charge in [-0.05, 0) is 49.6 Å². The standard InChI is InChI=1S/C17H19ClO4/c1-4-21-15(19)17(16(20)22-5-2)9-11(3)14-7-6-13(18)8-12(14)10-17/h6-9H,4-5,10H2,1-3H3. The van der Waals surface area contributed by atoms with Crippen LogP contribution < -0.4 is 0 Å². The molecule has 0 aliphatic heterocycles. The van der Waals surface area contributed by atoms with Gasteiger partial charge in [0.05, 0.1) is 13.2 Å². The second-order valence-corrected chi connectivity index (χ2v) is 5.65. The van der Waals surface area contributed by atoms with E-state index >= 15 is 0 Å². The second kappa shape index (κ2) is 6.53. The normalized spacial score (nSPS) is 15.5. The summed E-state index contributed by atoms with van der Waals surface area (Å²) in [5.41, 5.74) is 1.22. The van der Waals surface area contributed by atoms with Gasteiger partial charge in [-0.1, -0.05) is 23.7 Å². The molecule has 1 aliphatic rings. The number of hydrogen-bond acceptors (Lipinski definition) is 4. The minimum atomic E-state index is -1.44. The number of esters is 2. The molecule has 1 aromatic rings. The van der Waals surface area contributed by atoms with E-state index in [0.717, 1.165) is 16.7 Å². The van der Waals surface area contributed by atoms with E-state index in [1.807, 2.05) is 13.0 Å². The summed E-state index contributed by atoms with van der Waals surface area (Å²) in [6, 6.07) is 5.46. The molecule has 0 unspecified atom stereocenters. The van der Waals surface area contributed by atoms with Crippen LogP contribution in [0.1, 0.15) is 31.9 Å². The van der Waals surface area contributed by atoms with Crippen LogP contribution in [0.3, 0.4) is 0 Å². The molecule has 0 atom stereocenters. The molecule has 0 N–H and O–H groups in total. The molecule has 0 spiro atoms. The summed E-state index contributed by atoms with van der Waals surface area (Å²) in [5.74, 6) is -1.17. The largest absolute Gasteiger partial charge is 0.465 e. The molecule has 0 amide bonds. The SMILES string of the molecule is CCOC(=O)C1(C(=O)OCC)C=C(C)c2ccc(Cl)cc2C1. The van der Waals surface area contributed by atoms with Gasteiger partial charge in [0.15, 0.2) is 5.41 Å². The third kappa shape index (κ3) is 2.88. The number of halogens is 1. The van der Waals surface area contributed by atoms with E-state index in [-0.39, 0.29) is 19.6 Å². The van der Waals surface area contributed by atoms with Crippen LogP contribution in [0.5, 0.6) is 0 Å². The van der Waals surface area contributed by atoms with Crippen molar-refractivity contribution >= 4 is 29.1 Å². The first kappa shape index (κ1) is 16.6. The van der Waals surface area contributed by atoms with Gasteiger partial charge in [0.2, 0.25) is 0 Å². The fourth-order valence-electron chi connectivity index (χ4n) is 2.76. The van der Waals surface area contributed by atoms with E-state index in [1.165, 1.54) is 0 Å². The lowest BCUT2D eigenvalue weighted by molar-refractivity contribution is -0.168. The number of rotatable bonds is 4. The number of ether oxygens (including phenoxy) is 2. The zero-order valence-corrected chi connectivity index (χ0v) is 13.7. The first-order valence-corrected chi connectivity index (χ1v) is 7.65. The summed E-state index contributed by atoms with van der Waals surface area (Å²) < 4.78 is 10.3. The number of benzene rings is 1. The highest BCUT2D eigenvalue weighted by Crippen LogP contribution is 2.40. The molecular formula is C17H19ClO4. The van der Waals surface area contributed by atoms with Crippen LogP contribution in [0.2, 0.25) is 5.02 Å². The van der Waals surface area contributed by atoms with E-state index in [4.69, 9.17) is 21.1 Å². The highest BCUT2D eigenvalue weighted by Gasteiger charge is 2.49. The van der Waals surface area contributed by atoms with E-state index in [2.05, 4.69) is 0 Å². The van der Waals surface area contributed by atoms with Crippen molar-refractivity contribution in [1.29, 1.82) is 0 Å². The molecule has 5 heteroatoms. The lowest BCUT2D eigenvalue weighted by Gasteiger charge is -2.31. The Labute approximate surface area is 135 Å². The maximum atomic E-state index is 12.5. The average Bonchev–Trinajstić information content (AvgIpc) is 2.46. The highest BCUT2D eigenvalue weighted by molar-refractivity contribution is 6.30. The van der Waals surface area contributed by atoms with Crippen molar-refractivity contribution in [1.82, 2.24) is 0 Å². The van der Waals surface area contributed by atoms with Crippen molar-refractivity contribution < 1.29 is 19.1 Å². The molecule has 22 heavy (non-hydrogen) atoms. The first-order valence-electron chi connectivity index (χ1n) is 7.27. The number of allylic oxidation sites excluding steroid dienone is 1. The summed E-state index contributed by atoms with van der Waals surface area (Å²) in [6.07, 6.45) is 1.84. The van der Waals surface area contributed by atoms with Crippen LogP contribution in [-0.2, 0) is 25.5 Å². The monoisotopic (exact) mass is 322 g/mol.